The van der Waals surface area contributed by atoms with Crippen LogP contribution in [0.3, 0.4) is 0 Å². The van der Waals surface area contributed by atoms with E-state index in [2.05, 4.69) is 28.5 Å². The van der Waals surface area contributed by atoms with Crippen molar-refractivity contribution in [2.24, 2.45) is 5.92 Å². The number of hydrogen-bond acceptors (Lipinski definition) is 3. The fourth-order valence-electron chi connectivity index (χ4n) is 3.08. The second-order valence-electron chi connectivity index (χ2n) is 5.62. The number of rotatable bonds is 4. The number of nitrogens with zero attached hydrogens (tertiary/aromatic N) is 1. The first-order valence-electron chi connectivity index (χ1n) is 7.41. The molecule has 1 aromatic carbocycles. The van der Waals surface area contributed by atoms with Gasteiger partial charge >= 0.3 is 5.97 Å². The molecular formula is C17H18ClNO2S. The monoisotopic (exact) mass is 335 g/mol. The summed E-state index contributed by atoms with van der Waals surface area (Å²) < 4.78 is 0. The van der Waals surface area contributed by atoms with Crippen molar-refractivity contribution in [3.63, 3.8) is 0 Å². The molecule has 2 heterocycles. The number of carboxylic acids is 1. The molecule has 1 unspecified atom stereocenters. The Bertz CT molecular complexity index is 636. The number of carbonyl (C=O) groups is 1. The summed E-state index contributed by atoms with van der Waals surface area (Å²) in [5, 5.41) is 12.0. The second-order valence-corrected chi connectivity index (χ2v) is 7.04. The van der Waals surface area contributed by atoms with Crippen molar-refractivity contribution >= 4 is 28.9 Å². The summed E-state index contributed by atoms with van der Waals surface area (Å²) in [5.41, 5.74) is 1.17. The molecule has 0 radical (unpaired) electrons. The lowest BCUT2D eigenvalue weighted by molar-refractivity contribution is -0.143. The van der Waals surface area contributed by atoms with E-state index >= 15 is 0 Å². The number of aliphatic carboxylic acids is 1. The first kappa shape index (κ1) is 15.5. The number of hydrogen-bond donors (Lipinski definition) is 1. The van der Waals surface area contributed by atoms with Gasteiger partial charge in [-0.05, 0) is 55.1 Å². The van der Waals surface area contributed by atoms with Crippen LogP contribution in [0.2, 0.25) is 5.02 Å². The van der Waals surface area contributed by atoms with E-state index in [1.807, 2.05) is 18.2 Å². The van der Waals surface area contributed by atoms with Crippen LogP contribution in [-0.4, -0.2) is 29.1 Å². The van der Waals surface area contributed by atoms with Gasteiger partial charge in [0.2, 0.25) is 0 Å². The lowest BCUT2D eigenvalue weighted by Crippen LogP contribution is -2.39. The zero-order valence-corrected chi connectivity index (χ0v) is 13.7. The quantitative estimate of drug-likeness (QED) is 0.906. The van der Waals surface area contributed by atoms with Crippen LogP contribution in [0.15, 0.2) is 41.8 Å². The van der Waals surface area contributed by atoms with Crippen LogP contribution in [-0.2, 0) is 4.79 Å². The molecule has 0 amide bonds. The molecule has 0 spiro atoms. The van der Waals surface area contributed by atoms with E-state index in [4.69, 9.17) is 16.7 Å². The summed E-state index contributed by atoms with van der Waals surface area (Å²) in [6.45, 7) is 1.60. The van der Waals surface area contributed by atoms with Crippen LogP contribution in [0.1, 0.15) is 29.3 Å². The normalized spacial score (nSPS) is 18.2. The average molecular weight is 336 g/mol. The summed E-state index contributed by atoms with van der Waals surface area (Å²) in [5.74, 6) is -0.880. The van der Waals surface area contributed by atoms with Crippen LogP contribution >= 0.6 is 22.9 Å². The van der Waals surface area contributed by atoms with Crippen molar-refractivity contribution in [1.82, 2.24) is 4.90 Å². The Kier molecular flexibility index (Phi) is 4.81. The van der Waals surface area contributed by atoms with Gasteiger partial charge in [0.1, 0.15) is 0 Å². The molecular weight excluding hydrogens is 318 g/mol. The molecule has 2 aromatic rings. The molecule has 3 rings (SSSR count). The minimum absolute atomic E-state index is 0.161. The molecule has 1 N–H and O–H groups in total. The highest BCUT2D eigenvalue weighted by molar-refractivity contribution is 7.10. The number of carboxylic acid groups (broad SMARTS) is 1. The van der Waals surface area contributed by atoms with Crippen LogP contribution in [0.5, 0.6) is 0 Å². The largest absolute Gasteiger partial charge is 0.481 e. The molecule has 1 aliphatic rings. The summed E-state index contributed by atoms with van der Waals surface area (Å²) >= 11 is 7.89. The highest BCUT2D eigenvalue weighted by Gasteiger charge is 2.30. The van der Waals surface area contributed by atoms with E-state index in [-0.39, 0.29) is 12.0 Å². The molecule has 1 aromatic heterocycles. The zero-order valence-electron chi connectivity index (χ0n) is 12.1. The van der Waals surface area contributed by atoms with Gasteiger partial charge in [0, 0.05) is 9.90 Å². The molecule has 22 heavy (non-hydrogen) atoms. The van der Waals surface area contributed by atoms with Crippen molar-refractivity contribution < 1.29 is 9.90 Å². The van der Waals surface area contributed by atoms with Gasteiger partial charge in [-0.2, -0.15) is 0 Å². The van der Waals surface area contributed by atoms with Crippen LogP contribution in [0, 0.1) is 5.92 Å². The third-order valence-corrected chi connectivity index (χ3v) is 5.38. The highest BCUT2D eigenvalue weighted by Crippen LogP contribution is 2.35. The lowest BCUT2D eigenvalue weighted by Gasteiger charge is -2.36. The lowest BCUT2D eigenvalue weighted by atomic mass is 9.94. The molecule has 1 fully saturated rings. The van der Waals surface area contributed by atoms with Gasteiger partial charge in [0.05, 0.1) is 12.0 Å². The molecule has 1 aliphatic heterocycles. The van der Waals surface area contributed by atoms with Gasteiger partial charge in [-0.25, -0.2) is 0 Å². The number of benzene rings is 1. The fraction of sp³-hybridized carbons (Fsp3) is 0.353. The molecule has 0 saturated carbocycles. The minimum atomic E-state index is -0.671. The van der Waals surface area contributed by atoms with Gasteiger partial charge in [-0.1, -0.05) is 29.8 Å². The first-order chi connectivity index (χ1) is 10.6. The SMILES string of the molecule is O=C(O)C1CCN(C(c2cccc(Cl)c2)c2cccs2)CC1. The van der Waals surface area contributed by atoms with Gasteiger partial charge < -0.3 is 5.11 Å². The van der Waals surface area contributed by atoms with Crippen molar-refractivity contribution in [3.8, 4) is 0 Å². The van der Waals surface area contributed by atoms with E-state index in [1.165, 1.54) is 10.4 Å². The predicted molar refractivity (Wildman–Crippen MR) is 89.5 cm³/mol. The Morgan fingerprint density at radius 2 is 2.05 bits per heavy atom. The maximum atomic E-state index is 11.1. The Balaban J connectivity index is 1.86. The molecule has 116 valence electrons. The third kappa shape index (κ3) is 3.35. The fourth-order valence-corrected chi connectivity index (χ4v) is 4.17. The highest BCUT2D eigenvalue weighted by atomic mass is 35.5. The molecule has 3 nitrogen and oxygen atoms in total. The first-order valence-corrected chi connectivity index (χ1v) is 8.66. The molecule has 0 aliphatic carbocycles. The summed E-state index contributed by atoms with van der Waals surface area (Å²) in [4.78, 5) is 14.8. The van der Waals surface area contributed by atoms with Gasteiger partial charge in [0.15, 0.2) is 0 Å². The van der Waals surface area contributed by atoms with E-state index in [1.54, 1.807) is 11.3 Å². The Morgan fingerprint density at radius 3 is 2.64 bits per heavy atom. The molecule has 5 heteroatoms. The zero-order chi connectivity index (χ0) is 15.5. The Hall–Kier alpha value is -1.36. The van der Waals surface area contributed by atoms with Gasteiger partial charge in [0.25, 0.3) is 0 Å². The second kappa shape index (κ2) is 6.82. The average Bonchev–Trinajstić information content (AvgIpc) is 3.02. The number of piperidine rings is 1. The van der Waals surface area contributed by atoms with E-state index < -0.39 is 5.97 Å². The maximum absolute atomic E-state index is 11.1. The van der Waals surface area contributed by atoms with Crippen molar-refractivity contribution in [2.45, 2.75) is 18.9 Å². The van der Waals surface area contributed by atoms with E-state index in [0.717, 1.165) is 18.1 Å². The Morgan fingerprint density at radius 1 is 1.27 bits per heavy atom. The number of halogens is 1. The molecule has 0 bridgehead atoms. The van der Waals surface area contributed by atoms with Crippen molar-refractivity contribution in [2.75, 3.05) is 13.1 Å². The number of likely N-dealkylation sites (tertiary alicyclic amines) is 1. The number of thiophene rings is 1. The van der Waals surface area contributed by atoms with E-state index in [9.17, 15) is 4.79 Å². The van der Waals surface area contributed by atoms with Crippen molar-refractivity contribution in [1.29, 1.82) is 0 Å². The molecule has 1 atom stereocenters. The van der Waals surface area contributed by atoms with Gasteiger partial charge in [-0.3, -0.25) is 9.69 Å². The van der Waals surface area contributed by atoms with Crippen LogP contribution in [0.4, 0.5) is 0 Å². The topological polar surface area (TPSA) is 40.5 Å². The Labute approximate surface area is 139 Å². The minimum Gasteiger partial charge on any atom is -0.481 e. The van der Waals surface area contributed by atoms with Gasteiger partial charge in [-0.15, -0.1) is 11.3 Å². The molecule has 1 saturated heterocycles. The summed E-state index contributed by atoms with van der Waals surface area (Å²) in [7, 11) is 0. The van der Waals surface area contributed by atoms with Crippen LogP contribution < -0.4 is 0 Å². The van der Waals surface area contributed by atoms with Crippen LogP contribution in [0.25, 0.3) is 0 Å². The summed E-state index contributed by atoms with van der Waals surface area (Å²) in [6.07, 6.45) is 1.41. The maximum Gasteiger partial charge on any atom is 0.306 e. The third-order valence-electron chi connectivity index (χ3n) is 4.22. The van der Waals surface area contributed by atoms with Crippen molar-refractivity contribution in [3.05, 3.63) is 57.2 Å². The standard InChI is InChI=1S/C17H18ClNO2S/c18-14-4-1-3-13(11-14)16(15-5-2-10-22-15)19-8-6-12(7-9-19)17(20)21/h1-5,10-12,16H,6-9H2,(H,20,21). The smallest absolute Gasteiger partial charge is 0.306 e. The predicted octanol–water partition coefficient (Wildman–Crippen LogP) is 4.29. The van der Waals surface area contributed by atoms with E-state index in [0.29, 0.717) is 12.8 Å². The summed E-state index contributed by atoms with van der Waals surface area (Å²) in [6, 6.07) is 12.3.